The van der Waals surface area contributed by atoms with Crippen LogP contribution < -0.4 is 5.32 Å². The molecular weight excluding hydrogens is 370 g/mol. The van der Waals surface area contributed by atoms with Crippen molar-refractivity contribution < 1.29 is 4.74 Å². The van der Waals surface area contributed by atoms with Gasteiger partial charge in [-0.2, -0.15) is 0 Å². The summed E-state index contributed by atoms with van der Waals surface area (Å²) >= 11 is 1.75. The Balaban J connectivity index is 1.48. The summed E-state index contributed by atoms with van der Waals surface area (Å²) in [6.45, 7) is 7.83. The number of fused-ring (bicyclic) bond motifs is 5. The van der Waals surface area contributed by atoms with Crippen molar-refractivity contribution in [1.82, 2.24) is 19.9 Å². The minimum atomic E-state index is 0.838. The molecule has 1 aliphatic heterocycles. The van der Waals surface area contributed by atoms with Gasteiger partial charge in [0, 0.05) is 37.3 Å². The van der Waals surface area contributed by atoms with Crippen molar-refractivity contribution in [2.24, 2.45) is 0 Å². The number of nitrogens with zero attached hydrogens (tertiary/aromatic N) is 4. The van der Waals surface area contributed by atoms with Crippen molar-refractivity contribution in [3.63, 3.8) is 0 Å². The number of aromatic nitrogens is 3. The molecule has 1 N–H and O–H groups in total. The van der Waals surface area contributed by atoms with E-state index in [0.717, 1.165) is 79.5 Å². The number of anilines is 1. The van der Waals surface area contributed by atoms with Gasteiger partial charge in [-0.3, -0.25) is 4.90 Å². The predicted octanol–water partition coefficient (Wildman–Crippen LogP) is 3.42. The summed E-state index contributed by atoms with van der Waals surface area (Å²) < 4.78 is 6.58. The Morgan fingerprint density at radius 3 is 2.89 bits per heavy atom. The molecule has 0 unspecified atom stereocenters. The minimum absolute atomic E-state index is 0.838. The Labute approximate surface area is 169 Å². The van der Waals surface area contributed by atoms with E-state index in [1.807, 2.05) is 0 Å². The molecule has 3 aromatic heterocycles. The number of nitrogens with one attached hydrogen (secondary N) is 1. The minimum Gasteiger partial charge on any atom is -0.379 e. The summed E-state index contributed by atoms with van der Waals surface area (Å²) in [7, 11) is 0. The second-order valence-electron chi connectivity index (χ2n) is 7.68. The molecule has 148 valence electrons. The van der Waals surface area contributed by atoms with Gasteiger partial charge >= 0.3 is 0 Å². The van der Waals surface area contributed by atoms with E-state index in [4.69, 9.17) is 9.72 Å². The van der Waals surface area contributed by atoms with E-state index in [-0.39, 0.29) is 0 Å². The highest BCUT2D eigenvalue weighted by Gasteiger charge is 2.24. The van der Waals surface area contributed by atoms with Gasteiger partial charge in [-0.05, 0) is 36.8 Å². The number of hydrogen-bond acceptors (Lipinski definition) is 7. The highest BCUT2D eigenvalue weighted by atomic mass is 32.1. The Bertz CT molecular complexity index is 996. The van der Waals surface area contributed by atoms with Gasteiger partial charge in [0.05, 0.1) is 23.4 Å². The summed E-state index contributed by atoms with van der Waals surface area (Å²) in [6, 6.07) is 0. The molecule has 1 saturated heterocycles. The molecule has 0 aromatic carbocycles. The van der Waals surface area contributed by atoms with Crippen LogP contribution in [0.3, 0.4) is 0 Å². The Morgan fingerprint density at radius 1 is 1.18 bits per heavy atom. The van der Waals surface area contributed by atoms with Gasteiger partial charge in [-0.15, -0.1) is 11.3 Å². The van der Waals surface area contributed by atoms with Crippen LogP contribution >= 0.6 is 11.3 Å². The van der Waals surface area contributed by atoms with Crippen molar-refractivity contribution in [2.45, 2.75) is 39.0 Å². The predicted molar refractivity (Wildman–Crippen MR) is 114 cm³/mol. The molecule has 6 nitrogen and oxygen atoms in total. The summed E-state index contributed by atoms with van der Waals surface area (Å²) in [6.07, 6.45) is 7.47. The van der Waals surface area contributed by atoms with Gasteiger partial charge in [0.25, 0.3) is 0 Å². The van der Waals surface area contributed by atoms with E-state index in [1.54, 1.807) is 17.7 Å². The zero-order valence-electron chi connectivity index (χ0n) is 16.5. The molecule has 0 saturated carbocycles. The number of rotatable bonds is 6. The van der Waals surface area contributed by atoms with Gasteiger partial charge < -0.3 is 10.1 Å². The third-order valence-electron chi connectivity index (χ3n) is 5.87. The molecule has 5 rings (SSSR count). The fourth-order valence-corrected chi connectivity index (χ4v) is 5.65. The van der Waals surface area contributed by atoms with Gasteiger partial charge in [-0.25, -0.2) is 15.0 Å². The normalized spacial score (nSPS) is 17.5. The zero-order valence-corrected chi connectivity index (χ0v) is 17.3. The monoisotopic (exact) mass is 397 g/mol. The molecule has 0 atom stereocenters. The van der Waals surface area contributed by atoms with Crippen LogP contribution in [0.2, 0.25) is 0 Å². The second-order valence-corrected chi connectivity index (χ2v) is 8.68. The lowest BCUT2D eigenvalue weighted by Crippen LogP contribution is -2.39. The molecule has 0 bridgehead atoms. The van der Waals surface area contributed by atoms with E-state index in [0.29, 0.717) is 0 Å². The fourth-order valence-electron chi connectivity index (χ4n) is 4.50. The first kappa shape index (κ1) is 18.2. The quantitative estimate of drug-likeness (QED) is 0.688. The number of morpholine rings is 1. The molecule has 7 heteroatoms. The highest BCUT2D eigenvalue weighted by molar-refractivity contribution is 7.26. The molecule has 2 aliphatic rings. The van der Waals surface area contributed by atoms with E-state index < -0.39 is 0 Å². The van der Waals surface area contributed by atoms with Crippen LogP contribution in [0.1, 0.15) is 36.6 Å². The van der Waals surface area contributed by atoms with Crippen molar-refractivity contribution in [2.75, 3.05) is 44.7 Å². The molecule has 1 fully saturated rings. The number of hydrogen-bond donors (Lipinski definition) is 1. The molecule has 4 heterocycles. The maximum absolute atomic E-state index is 5.43. The van der Waals surface area contributed by atoms with E-state index in [1.165, 1.54) is 35.0 Å². The van der Waals surface area contributed by atoms with Crippen LogP contribution in [0.4, 0.5) is 5.82 Å². The van der Waals surface area contributed by atoms with E-state index in [2.05, 4.69) is 27.1 Å². The molecule has 0 spiro atoms. The highest BCUT2D eigenvalue weighted by Crippen LogP contribution is 2.41. The Hall–Kier alpha value is -1.83. The summed E-state index contributed by atoms with van der Waals surface area (Å²) in [5.41, 5.74) is 5.38. The molecular formula is C21H27N5OS. The number of aryl methyl sites for hydroxylation is 2. The van der Waals surface area contributed by atoms with Gasteiger partial charge in [0.15, 0.2) is 0 Å². The maximum atomic E-state index is 5.43. The fraction of sp³-hybridized carbons (Fsp3) is 0.571. The average Bonchev–Trinajstić information content (AvgIpc) is 3.34. The lowest BCUT2D eigenvalue weighted by molar-refractivity contribution is 0.0398. The zero-order chi connectivity index (χ0) is 18.9. The van der Waals surface area contributed by atoms with E-state index >= 15 is 0 Å². The van der Waals surface area contributed by atoms with Gasteiger partial charge in [0.1, 0.15) is 17.0 Å². The average molecular weight is 398 g/mol. The van der Waals surface area contributed by atoms with Gasteiger partial charge in [-0.1, -0.05) is 13.3 Å². The number of thiophene rings is 1. The summed E-state index contributed by atoms with van der Waals surface area (Å²) in [5, 5.41) is 4.84. The molecule has 1 aliphatic carbocycles. The third kappa shape index (κ3) is 3.25. The lowest BCUT2D eigenvalue weighted by atomic mass is 10.0. The second kappa shape index (κ2) is 7.89. The number of pyridine rings is 1. The smallest absolute Gasteiger partial charge is 0.147 e. The van der Waals surface area contributed by atoms with Crippen LogP contribution in [0.5, 0.6) is 0 Å². The van der Waals surface area contributed by atoms with Crippen molar-refractivity contribution in [3.05, 3.63) is 23.1 Å². The molecule has 0 amide bonds. The first-order valence-electron chi connectivity index (χ1n) is 10.5. The maximum Gasteiger partial charge on any atom is 0.147 e. The van der Waals surface area contributed by atoms with Crippen molar-refractivity contribution >= 4 is 37.6 Å². The first-order valence-corrected chi connectivity index (χ1v) is 11.3. The van der Waals surface area contributed by atoms with Crippen LogP contribution in [0.25, 0.3) is 20.4 Å². The molecule has 3 aromatic rings. The van der Waals surface area contributed by atoms with Crippen molar-refractivity contribution in [1.29, 1.82) is 0 Å². The first-order chi connectivity index (χ1) is 13.8. The van der Waals surface area contributed by atoms with Crippen LogP contribution in [0.15, 0.2) is 6.33 Å². The topological polar surface area (TPSA) is 63.2 Å². The lowest BCUT2D eigenvalue weighted by Gasteiger charge is -2.26. The molecule has 28 heavy (non-hydrogen) atoms. The van der Waals surface area contributed by atoms with Crippen LogP contribution in [-0.2, 0) is 24.0 Å². The van der Waals surface area contributed by atoms with Crippen molar-refractivity contribution in [3.8, 4) is 0 Å². The standard InChI is InChI=1S/C21H27N5OS/c1-2-4-16-14-5-3-6-15(14)17-18-19(28-21(17)25-16)20(24-13-23-18)22-7-8-26-9-11-27-12-10-26/h13H,2-12H2,1H3,(H,22,23,24). The van der Waals surface area contributed by atoms with Crippen LogP contribution in [0, 0.1) is 0 Å². The summed E-state index contributed by atoms with van der Waals surface area (Å²) in [5.74, 6) is 0.949. The third-order valence-corrected chi connectivity index (χ3v) is 6.95. The number of ether oxygens (including phenoxy) is 1. The Kier molecular flexibility index (Phi) is 5.13. The van der Waals surface area contributed by atoms with Crippen LogP contribution in [-0.4, -0.2) is 59.2 Å². The van der Waals surface area contributed by atoms with Gasteiger partial charge in [0.2, 0.25) is 0 Å². The largest absolute Gasteiger partial charge is 0.379 e. The van der Waals surface area contributed by atoms with E-state index in [9.17, 15) is 0 Å². The Morgan fingerprint density at radius 2 is 2.04 bits per heavy atom. The summed E-state index contributed by atoms with van der Waals surface area (Å²) in [4.78, 5) is 17.9. The molecule has 0 radical (unpaired) electrons. The SMILES string of the molecule is CCCc1nc2sc3c(NCCN4CCOCC4)ncnc3c2c2c1CCC2.